The monoisotopic (exact) mass is 424 g/mol. The molecular weight excluding hydrogens is 399 g/mol. The highest BCUT2D eigenvalue weighted by Gasteiger charge is 2.45. The van der Waals surface area contributed by atoms with Crippen molar-refractivity contribution in [3.63, 3.8) is 0 Å². The molecule has 0 saturated heterocycles. The van der Waals surface area contributed by atoms with Crippen LogP contribution in [0.1, 0.15) is 23.3 Å². The molecular formula is C19H25FN4O2S2. The molecule has 1 aliphatic carbocycles. The first-order valence-corrected chi connectivity index (χ1v) is 11.2. The van der Waals surface area contributed by atoms with Gasteiger partial charge in [0.05, 0.1) is 6.54 Å². The molecule has 0 amide bonds. The zero-order valence-electron chi connectivity index (χ0n) is 16.2. The molecule has 1 fully saturated rings. The average molecular weight is 425 g/mol. The average Bonchev–Trinajstić information content (AvgIpc) is 3.29. The molecule has 9 heteroatoms. The minimum absolute atomic E-state index is 0.169. The van der Waals surface area contributed by atoms with Gasteiger partial charge in [0, 0.05) is 38.0 Å². The Hall–Kier alpha value is -1.97. The molecule has 0 radical (unpaired) electrons. The fraction of sp³-hybridized carbons (Fsp3) is 0.421. The SMILES string of the molecule is CN=C(NCc1ccc(S(=O)(=O)N(C)C)s1)NCC1(c2ccccc2F)CC1. The summed E-state index contributed by atoms with van der Waals surface area (Å²) in [7, 11) is 1.29. The van der Waals surface area contributed by atoms with Gasteiger partial charge >= 0.3 is 0 Å². The number of hydrogen-bond acceptors (Lipinski definition) is 4. The van der Waals surface area contributed by atoms with Crippen LogP contribution in [0.15, 0.2) is 45.6 Å². The van der Waals surface area contributed by atoms with Crippen LogP contribution in [-0.4, -0.2) is 46.4 Å². The van der Waals surface area contributed by atoms with E-state index in [9.17, 15) is 12.8 Å². The van der Waals surface area contributed by atoms with E-state index in [1.54, 1.807) is 25.2 Å². The highest BCUT2D eigenvalue weighted by molar-refractivity contribution is 7.91. The lowest BCUT2D eigenvalue weighted by molar-refractivity contribution is 0.523. The Labute approximate surface area is 169 Å². The van der Waals surface area contributed by atoms with Crippen molar-refractivity contribution in [2.75, 3.05) is 27.7 Å². The molecule has 2 N–H and O–H groups in total. The molecule has 0 unspecified atom stereocenters. The van der Waals surface area contributed by atoms with E-state index in [1.165, 1.54) is 35.8 Å². The summed E-state index contributed by atoms with van der Waals surface area (Å²) >= 11 is 1.23. The lowest BCUT2D eigenvalue weighted by atomic mass is 9.95. The number of hydrogen-bond donors (Lipinski definition) is 2. The number of rotatable bonds is 7. The third-order valence-corrected chi connectivity index (χ3v) is 8.29. The Bertz CT molecular complexity index is 966. The number of benzene rings is 1. The van der Waals surface area contributed by atoms with Gasteiger partial charge in [0.1, 0.15) is 10.0 Å². The Morgan fingerprint density at radius 1 is 1.21 bits per heavy atom. The van der Waals surface area contributed by atoms with Gasteiger partial charge in [-0.1, -0.05) is 18.2 Å². The van der Waals surface area contributed by atoms with E-state index in [1.807, 2.05) is 12.1 Å². The van der Waals surface area contributed by atoms with Crippen LogP contribution in [0.2, 0.25) is 0 Å². The normalized spacial score (nSPS) is 16.2. The van der Waals surface area contributed by atoms with Crippen LogP contribution < -0.4 is 10.6 Å². The van der Waals surface area contributed by atoms with E-state index in [4.69, 9.17) is 0 Å². The third kappa shape index (κ3) is 4.37. The number of sulfonamides is 1. The first kappa shape index (κ1) is 20.8. The Morgan fingerprint density at radius 3 is 2.54 bits per heavy atom. The van der Waals surface area contributed by atoms with Crippen LogP contribution in [0.4, 0.5) is 4.39 Å². The molecule has 6 nitrogen and oxygen atoms in total. The molecule has 0 aliphatic heterocycles. The predicted molar refractivity (Wildman–Crippen MR) is 111 cm³/mol. The third-order valence-electron chi connectivity index (χ3n) is 4.92. The molecule has 1 aromatic heterocycles. The van der Waals surface area contributed by atoms with Crippen molar-refractivity contribution in [3.8, 4) is 0 Å². The van der Waals surface area contributed by atoms with E-state index in [0.29, 0.717) is 23.3 Å². The number of thiophene rings is 1. The van der Waals surface area contributed by atoms with Gasteiger partial charge in [0.2, 0.25) is 0 Å². The molecule has 3 rings (SSSR count). The molecule has 0 atom stereocenters. The van der Waals surface area contributed by atoms with Crippen molar-refractivity contribution in [2.24, 2.45) is 4.99 Å². The van der Waals surface area contributed by atoms with Crippen LogP contribution in [0.25, 0.3) is 0 Å². The highest BCUT2D eigenvalue weighted by Crippen LogP contribution is 2.48. The van der Waals surface area contributed by atoms with Gasteiger partial charge in [-0.2, -0.15) is 0 Å². The first-order chi connectivity index (χ1) is 13.3. The van der Waals surface area contributed by atoms with Crippen LogP contribution in [0.3, 0.4) is 0 Å². The molecule has 1 saturated carbocycles. The van der Waals surface area contributed by atoms with Gasteiger partial charge in [-0.25, -0.2) is 17.1 Å². The highest BCUT2D eigenvalue weighted by atomic mass is 32.2. The predicted octanol–water partition coefficient (Wildman–Crippen LogP) is 2.53. The van der Waals surface area contributed by atoms with Crippen LogP contribution in [0.5, 0.6) is 0 Å². The summed E-state index contributed by atoms with van der Waals surface area (Å²) in [5.41, 5.74) is 0.563. The summed E-state index contributed by atoms with van der Waals surface area (Å²) in [6.07, 6.45) is 1.88. The van der Waals surface area contributed by atoms with E-state index in [2.05, 4.69) is 15.6 Å². The largest absolute Gasteiger partial charge is 0.356 e. The second-order valence-corrected chi connectivity index (χ2v) is 10.6. The summed E-state index contributed by atoms with van der Waals surface area (Å²) in [5.74, 6) is 0.436. The van der Waals surface area contributed by atoms with Gasteiger partial charge in [-0.05, 0) is 36.6 Å². The van der Waals surface area contributed by atoms with E-state index < -0.39 is 10.0 Å². The van der Waals surface area contributed by atoms with Gasteiger partial charge in [0.25, 0.3) is 10.0 Å². The number of guanidine groups is 1. The zero-order chi connectivity index (χ0) is 20.4. The topological polar surface area (TPSA) is 73.8 Å². The Morgan fingerprint density at radius 2 is 1.93 bits per heavy atom. The van der Waals surface area contributed by atoms with Crippen LogP contribution in [0, 0.1) is 5.82 Å². The van der Waals surface area contributed by atoms with E-state index >= 15 is 0 Å². The van der Waals surface area contributed by atoms with Crippen molar-refractivity contribution < 1.29 is 12.8 Å². The molecule has 1 aromatic carbocycles. The van der Waals surface area contributed by atoms with Gasteiger partial charge in [-0.15, -0.1) is 11.3 Å². The summed E-state index contributed by atoms with van der Waals surface area (Å²) in [4.78, 5) is 5.10. The van der Waals surface area contributed by atoms with Crippen LogP contribution in [-0.2, 0) is 22.0 Å². The number of nitrogens with zero attached hydrogens (tertiary/aromatic N) is 2. The smallest absolute Gasteiger partial charge is 0.252 e. The molecule has 1 heterocycles. The van der Waals surface area contributed by atoms with E-state index in [-0.39, 0.29) is 11.2 Å². The Kier molecular flexibility index (Phi) is 6.07. The Balaban J connectivity index is 1.58. The van der Waals surface area contributed by atoms with Gasteiger partial charge < -0.3 is 10.6 Å². The lowest BCUT2D eigenvalue weighted by Crippen LogP contribution is -2.41. The second kappa shape index (κ2) is 8.18. The standard InChI is InChI=1S/C19H25FN4O2S2/c1-21-18(22-12-14-8-9-17(27-14)28(25,26)24(2)3)23-13-19(10-11-19)15-6-4-5-7-16(15)20/h4-9H,10-13H2,1-3H3,(H2,21,22,23). The minimum atomic E-state index is -3.41. The molecule has 28 heavy (non-hydrogen) atoms. The molecule has 152 valence electrons. The minimum Gasteiger partial charge on any atom is -0.356 e. The van der Waals surface area contributed by atoms with Crippen molar-refractivity contribution in [2.45, 2.75) is 29.0 Å². The second-order valence-electron chi connectivity index (χ2n) is 7.05. The summed E-state index contributed by atoms with van der Waals surface area (Å²) in [6.45, 7) is 1.05. The van der Waals surface area contributed by atoms with Crippen molar-refractivity contribution >= 4 is 27.3 Å². The number of nitrogens with one attached hydrogen (secondary N) is 2. The number of aliphatic imine (C=N–C) groups is 1. The van der Waals surface area contributed by atoms with E-state index in [0.717, 1.165) is 23.3 Å². The van der Waals surface area contributed by atoms with Crippen molar-refractivity contribution in [3.05, 3.63) is 52.7 Å². The van der Waals surface area contributed by atoms with Crippen LogP contribution >= 0.6 is 11.3 Å². The maximum absolute atomic E-state index is 14.1. The molecule has 1 aliphatic rings. The van der Waals surface area contributed by atoms with Gasteiger partial charge in [0.15, 0.2) is 5.96 Å². The fourth-order valence-corrected chi connectivity index (χ4v) is 5.46. The summed E-state index contributed by atoms with van der Waals surface area (Å²) in [5, 5.41) is 6.47. The zero-order valence-corrected chi connectivity index (χ0v) is 17.8. The quantitative estimate of drug-likeness (QED) is 0.529. The maximum Gasteiger partial charge on any atom is 0.252 e. The maximum atomic E-state index is 14.1. The summed E-state index contributed by atoms with van der Waals surface area (Å²) < 4.78 is 40.0. The lowest BCUT2D eigenvalue weighted by Gasteiger charge is -2.19. The van der Waals surface area contributed by atoms with Crippen molar-refractivity contribution in [1.82, 2.24) is 14.9 Å². The number of halogens is 1. The fourth-order valence-electron chi connectivity index (χ4n) is 3.00. The van der Waals surface area contributed by atoms with Gasteiger partial charge in [-0.3, -0.25) is 4.99 Å². The van der Waals surface area contributed by atoms with Crippen molar-refractivity contribution in [1.29, 1.82) is 0 Å². The molecule has 0 spiro atoms. The summed E-state index contributed by atoms with van der Waals surface area (Å²) in [6, 6.07) is 10.3. The molecule has 2 aromatic rings. The first-order valence-electron chi connectivity index (χ1n) is 8.99. The molecule has 0 bridgehead atoms.